The largest absolute Gasteiger partial charge is 0.459 e. The first-order chi connectivity index (χ1) is 32.3. The van der Waals surface area contributed by atoms with Crippen LogP contribution in [0.2, 0.25) is 0 Å². The van der Waals surface area contributed by atoms with Gasteiger partial charge in [-0.2, -0.15) is 0 Å². The van der Waals surface area contributed by atoms with Crippen LogP contribution in [0.4, 0.5) is 9.18 Å². The summed E-state index contributed by atoms with van der Waals surface area (Å²) in [6.45, 7) is 4.46. The minimum Gasteiger partial charge on any atom is -0.459 e. The van der Waals surface area contributed by atoms with Gasteiger partial charge in [0.1, 0.15) is 42.3 Å². The quantitative estimate of drug-likeness (QED) is 0.0323. The maximum Gasteiger partial charge on any atom is 0.410 e. The molecule has 66 heavy (non-hydrogen) atoms. The number of rotatable bonds is 21. The van der Waals surface area contributed by atoms with E-state index in [1.165, 1.54) is 12.1 Å². The maximum absolute atomic E-state index is 14.6. The molecule has 1 fully saturated rings. The Morgan fingerprint density at radius 2 is 1.61 bits per heavy atom. The number of alkyl halides is 1. The number of hydrogen-bond donors (Lipinski definition) is 2. The van der Waals surface area contributed by atoms with E-state index in [1.54, 1.807) is 23.1 Å². The van der Waals surface area contributed by atoms with Gasteiger partial charge in [0.2, 0.25) is 5.79 Å². The maximum atomic E-state index is 14.6. The van der Waals surface area contributed by atoms with Crippen molar-refractivity contribution in [3.63, 3.8) is 0 Å². The van der Waals surface area contributed by atoms with Gasteiger partial charge in [-0.3, -0.25) is 4.90 Å². The summed E-state index contributed by atoms with van der Waals surface area (Å²) in [5.41, 5.74) is 4.05. The van der Waals surface area contributed by atoms with Crippen LogP contribution in [0.25, 0.3) is 10.8 Å². The van der Waals surface area contributed by atoms with E-state index < -0.39 is 29.7 Å². The van der Waals surface area contributed by atoms with E-state index in [1.807, 2.05) is 72.8 Å². The molecule has 0 spiro atoms. The molecule has 8 rings (SSSR count). The van der Waals surface area contributed by atoms with Crippen molar-refractivity contribution < 1.29 is 43.2 Å². The molecule has 2 N–H and O–H groups in total. The van der Waals surface area contributed by atoms with Gasteiger partial charge in [-0.05, 0) is 107 Å². The molecule has 0 saturated heterocycles. The molecule has 1 heterocycles. The fourth-order valence-corrected chi connectivity index (χ4v) is 10.2. The molecule has 10 nitrogen and oxygen atoms in total. The molecule has 12 heteroatoms. The highest BCUT2D eigenvalue weighted by Gasteiger charge is 2.65. The summed E-state index contributed by atoms with van der Waals surface area (Å²) in [6.07, 6.45) is 7.87. The number of unbranched alkanes of at least 4 members (excludes halogenated alkanes) is 2. The van der Waals surface area contributed by atoms with Crippen LogP contribution in [0.5, 0.6) is 17.2 Å². The van der Waals surface area contributed by atoms with Crippen molar-refractivity contribution in [2.24, 2.45) is 22.9 Å². The summed E-state index contributed by atoms with van der Waals surface area (Å²) >= 11 is 6.11. The number of benzene rings is 5. The lowest BCUT2D eigenvalue weighted by atomic mass is 9.55. The molecular formula is C54H58ClFN2O8. The van der Waals surface area contributed by atoms with Gasteiger partial charge in [-0.25, -0.2) is 9.18 Å². The number of aliphatic hydroxyl groups is 2. The van der Waals surface area contributed by atoms with Gasteiger partial charge in [0, 0.05) is 37.7 Å². The second-order valence-corrected chi connectivity index (χ2v) is 17.6. The van der Waals surface area contributed by atoms with Gasteiger partial charge >= 0.3 is 6.09 Å². The van der Waals surface area contributed by atoms with Crippen molar-refractivity contribution in [1.29, 1.82) is 0 Å². The lowest BCUT2D eigenvalue weighted by Gasteiger charge is -2.59. The monoisotopic (exact) mass is 916 g/mol. The van der Waals surface area contributed by atoms with Gasteiger partial charge in [-0.15, -0.1) is 18.2 Å². The Labute approximate surface area is 391 Å². The van der Waals surface area contributed by atoms with Crippen molar-refractivity contribution >= 4 is 34.2 Å². The van der Waals surface area contributed by atoms with Gasteiger partial charge in [0.15, 0.2) is 0 Å². The summed E-state index contributed by atoms with van der Waals surface area (Å²) in [7, 11) is 0. The van der Waals surface area contributed by atoms with E-state index >= 15 is 0 Å². The van der Waals surface area contributed by atoms with Crippen LogP contribution in [0.1, 0.15) is 67.6 Å². The summed E-state index contributed by atoms with van der Waals surface area (Å²) in [5.74, 6) is -0.797. The second kappa shape index (κ2) is 22.2. The normalized spacial score (nSPS) is 22.4. The number of amides is 1. The van der Waals surface area contributed by atoms with Crippen LogP contribution in [0.3, 0.4) is 0 Å². The molecule has 5 aromatic rings. The second-order valence-electron chi connectivity index (χ2n) is 17.2. The van der Waals surface area contributed by atoms with Crippen LogP contribution >= 0.6 is 11.6 Å². The third-order valence-corrected chi connectivity index (χ3v) is 13.2. The van der Waals surface area contributed by atoms with Gasteiger partial charge < -0.3 is 34.0 Å². The Balaban J connectivity index is 1.33. The number of fused-ring (bicyclic) bond motifs is 3. The highest BCUT2D eigenvalue weighted by molar-refractivity contribution is 6.18. The molecule has 346 valence electrons. The summed E-state index contributed by atoms with van der Waals surface area (Å²) < 4.78 is 41.3. The van der Waals surface area contributed by atoms with Crippen molar-refractivity contribution in [2.75, 3.05) is 32.3 Å². The van der Waals surface area contributed by atoms with Gasteiger partial charge in [0.05, 0.1) is 24.1 Å². The SMILES string of the molecule is C=CCOC12Oc3ccc(Oc4ccc5ccccc5c4)cc3C3C(CCCCO)C(CCCCO)C=C(C(=NOCc4ccccc4)CC1N(Cc1ccc(F)cc1)C(=O)OCCCl)C32. The molecule has 0 radical (unpaired) electrons. The first-order valence-corrected chi connectivity index (χ1v) is 23.5. The minimum atomic E-state index is -1.54. The minimum absolute atomic E-state index is 0.00625. The molecule has 6 atom stereocenters. The van der Waals surface area contributed by atoms with Crippen LogP contribution in [0, 0.1) is 23.6 Å². The summed E-state index contributed by atoms with van der Waals surface area (Å²) in [5, 5.41) is 27.1. The fraction of sp³-hybridized carbons (Fsp3) is 0.370. The van der Waals surface area contributed by atoms with E-state index in [0.717, 1.165) is 53.2 Å². The third-order valence-electron chi connectivity index (χ3n) is 13.0. The van der Waals surface area contributed by atoms with Crippen LogP contribution in [0.15, 0.2) is 145 Å². The van der Waals surface area contributed by atoms with Crippen molar-refractivity contribution in [2.45, 2.75) is 75.8 Å². The van der Waals surface area contributed by atoms with E-state index in [4.69, 9.17) is 40.5 Å². The highest BCUT2D eigenvalue weighted by Crippen LogP contribution is 2.62. The number of ether oxygens (including phenoxy) is 4. The number of carbonyl (C=O) groups is 1. The standard InChI is InChI=1S/C54H58ClFN2O8/c1-2-29-63-54-50(58(53(61)62-30-26-55)35-37-18-21-42(56)22-19-37)34-48(57-64-36-38-12-4-3-5-13-38)46-32-41(16-8-10-27-59)45(17-9-11-28-60)51(52(46)54)47-33-44(24-25-49(47)66-54)65-43-23-20-39-14-6-7-15-40(39)31-43/h2-7,12-15,18-25,31-33,41,45,50-52,59-60H,1,8-11,16-17,26-30,34-36H2. The van der Waals surface area contributed by atoms with Crippen molar-refractivity contribution in [3.05, 3.63) is 162 Å². The molecule has 6 unspecified atom stereocenters. The Morgan fingerprint density at radius 3 is 2.36 bits per heavy atom. The molecule has 1 saturated carbocycles. The smallest absolute Gasteiger partial charge is 0.410 e. The number of oxime groups is 1. The Kier molecular flexibility index (Phi) is 15.7. The van der Waals surface area contributed by atoms with Crippen LogP contribution in [-0.4, -0.2) is 71.1 Å². The topological polar surface area (TPSA) is 119 Å². The average molecular weight is 918 g/mol. The number of allylic oxidation sites excluding steroid dienone is 1. The predicted octanol–water partition coefficient (Wildman–Crippen LogP) is 11.5. The number of nitrogens with zero attached hydrogens (tertiary/aromatic N) is 2. The first kappa shape index (κ1) is 46.8. The molecule has 3 aliphatic rings. The Morgan fingerprint density at radius 1 is 0.879 bits per heavy atom. The first-order valence-electron chi connectivity index (χ1n) is 23.0. The van der Waals surface area contributed by atoms with Crippen molar-refractivity contribution in [1.82, 2.24) is 4.90 Å². The number of hydrogen-bond acceptors (Lipinski definition) is 9. The number of halogens is 2. The summed E-state index contributed by atoms with van der Waals surface area (Å²) in [4.78, 5) is 22.4. The van der Waals surface area contributed by atoms with Crippen molar-refractivity contribution in [3.8, 4) is 17.2 Å². The fourth-order valence-electron chi connectivity index (χ4n) is 10.1. The molecule has 0 bridgehead atoms. The van der Waals surface area contributed by atoms with Crippen LogP contribution in [-0.2, 0) is 27.5 Å². The Hall–Kier alpha value is -5.72. The van der Waals surface area contributed by atoms with E-state index in [9.17, 15) is 19.4 Å². The molecule has 0 aromatic heterocycles. The Bertz CT molecular complexity index is 2480. The molecular weight excluding hydrogens is 859 g/mol. The zero-order valence-corrected chi connectivity index (χ0v) is 37.9. The van der Waals surface area contributed by atoms with E-state index in [0.29, 0.717) is 41.4 Å². The average Bonchev–Trinajstić information content (AvgIpc) is 3.34. The predicted molar refractivity (Wildman–Crippen MR) is 254 cm³/mol. The van der Waals surface area contributed by atoms with Crippen LogP contribution < -0.4 is 9.47 Å². The van der Waals surface area contributed by atoms with Gasteiger partial charge in [-0.1, -0.05) is 103 Å². The number of carbonyl (C=O) groups excluding carboxylic acids is 1. The highest BCUT2D eigenvalue weighted by atomic mass is 35.5. The van der Waals surface area contributed by atoms with E-state index in [-0.39, 0.29) is 69.6 Å². The zero-order valence-electron chi connectivity index (χ0n) is 37.1. The third kappa shape index (κ3) is 10.4. The molecule has 1 amide bonds. The zero-order chi connectivity index (χ0) is 45.9. The molecule has 2 aliphatic carbocycles. The lowest BCUT2D eigenvalue weighted by Crippen LogP contribution is -2.70. The van der Waals surface area contributed by atoms with Gasteiger partial charge in [0.25, 0.3) is 0 Å². The number of aliphatic hydroxyl groups excluding tert-OH is 2. The lowest BCUT2D eigenvalue weighted by molar-refractivity contribution is -0.256. The molecule has 5 aromatic carbocycles. The van der Waals surface area contributed by atoms with E-state index in [2.05, 4.69) is 30.9 Å². The summed E-state index contributed by atoms with van der Waals surface area (Å²) in [6, 6.07) is 35.0. The molecule has 1 aliphatic heterocycles.